The molecule has 1 aromatic heterocycles. The van der Waals surface area contributed by atoms with Gasteiger partial charge in [-0.05, 0) is 37.1 Å². The first-order valence-corrected chi connectivity index (χ1v) is 8.50. The van der Waals surface area contributed by atoms with Gasteiger partial charge in [-0.1, -0.05) is 0 Å². The molecule has 0 saturated carbocycles. The minimum absolute atomic E-state index is 0.0217. The minimum atomic E-state index is -1.02. The molecule has 25 heavy (non-hydrogen) atoms. The molecular weight excluding hydrogens is 322 g/mol. The lowest BCUT2D eigenvalue weighted by atomic mass is 10.1. The Kier molecular flexibility index (Phi) is 3.71. The Hall–Kier alpha value is -2.83. The summed E-state index contributed by atoms with van der Waals surface area (Å²) in [5.41, 5.74) is 2.40. The lowest BCUT2D eigenvalue weighted by molar-refractivity contribution is 0.0692. The molecule has 0 aliphatic carbocycles. The molecule has 4 rings (SSSR count). The molecule has 2 aliphatic heterocycles. The van der Waals surface area contributed by atoms with Gasteiger partial charge < -0.3 is 10.0 Å². The molecular formula is C18H19N3O4. The summed E-state index contributed by atoms with van der Waals surface area (Å²) in [7, 11) is 0. The zero-order valence-corrected chi connectivity index (χ0v) is 13.8. The second-order valence-corrected chi connectivity index (χ2v) is 6.54. The van der Waals surface area contributed by atoms with Crippen LogP contribution in [0.25, 0.3) is 0 Å². The van der Waals surface area contributed by atoms with E-state index in [9.17, 15) is 14.4 Å². The Morgan fingerprint density at radius 1 is 0.920 bits per heavy atom. The number of carbonyl (C=O) groups excluding carboxylic acids is 1. The molecule has 0 bridgehead atoms. The van der Waals surface area contributed by atoms with Crippen molar-refractivity contribution in [3.63, 3.8) is 0 Å². The first-order chi connectivity index (χ1) is 12.1. The minimum Gasteiger partial charge on any atom is -0.478 e. The summed E-state index contributed by atoms with van der Waals surface area (Å²) in [6.45, 7) is 2.50. The Morgan fingerprint density at radius 2 is 1.56 bits per heavy atom. The number of fused-ring (bicyclic) bond motifs is 3. The molecule has 7 heteroatoms. The average Bonchev–Trinajstić information content (AvgIpc) is 2.94. The van der Waals surface area contributed by atoms with Crippen molar-refractivity contribution in [3.05, 3.63) is 57.0 Å². The number of hydrogen-bond acceptors (Lipinski definition) is 3. The average molecular weight is 341 g/mol. The number of carboxylic acid groups (broad SMARTS) is 1. The summed E-state index contributed by atoms with van der Waals surface area (Å²) < 4.78 is 3.90. The molecule has 1 amide bonds. The van der Waals surface area contributed by atoms with Crippen LogP contribution in [0, 0.1) is 0 Å². The quantitative estimate of drug-likeness (QED) is 0.893. The number of carboxylic acids is 1. The number of aromatic carboxylic acids is 1. The second-order valence-electron chi connectivity index (χ2n) is 6.54. The highest BCUT2D eigenvalue weighted by Crippen LogP contribution is 2.21. The van der Waals surface area contributed by atoms with Gasteiger partial charge in [-0.15, -0.1) is 0 Å². The van der Waals surface area contributed by atoms with Crippen LogP contribution in [0.2, 0.25) is 0 Å². The van der Waals surface area contributed by atoms with E-state index in [2.05, 4.69) is 4.68 Å². The van der Waals surface area contributed by atoms with E-state index in [1.165, 1.54) is 24.3 Å². The Bertz CT molecular complexity index is 908. The van der Waals surface area contributed by atoms with E-state index in [0.717, 1.165) is 37.2 Å². The molecule has 0 radical (unpaired) electrons. The number of amides is 1. The Morgan fingerprint density at radius 3 is 2.24 bits per heavy atom. The molecule has 0 spiro atoms. The molecule has 0 unspecified atom stereocenters. The van der Waals surface area contributed by atoms with E-state index in [0.29, 0.717) is 25.1 Å². The van der Waals surface area contributed by atoms with Gasteiger partial charge in [0.25, 0.3) is 11.5 Å². The van der Waals surface area contributed by atoms with Gasteiger partial charge in [0.1, 0.15) is 0 Å². The lowest BCUT2D eigenvalue weighted by Gasteiger charge is -2.28. The predicted molar refractivity (Wildman–Crippen MR) is 89.8 cm³/mol. The third-order valence-electron chi connectivity index (χ3n) is 5.07. The van der Waals surface area contributed by atoms with Crippen molar-refractivity contribution in [1.29, 1.82) is 0 Å². The van der Waals surface area contributed by atoms with Crippen molar-refractivity contribution < 1.29 is 14.7 Å². The zero-order valence-electron chi connectivity index (χ0n) is 13.8. The first-order valence-electron chi connectivity index (χ1n) is 8.50. The van der Waals surface area contributed by atoms with Gasteiger partial charge in [0.15, 0.2) is 0 Å². The first kappa shape index (κ1) is 15.7. The topological polar surface area (TPSA) is 84.5 Å². The van der Waals surface area contributed by atoms with Gasteiger partial charge >= 0.3 is 5.97 Å². The highest BCUT2D eigenvalue weighted by molar-refractivity contribution is 5.96. The van der Waals surface area contributed by atoms with Crippen LogP contribution in [0.5, 0.6) is 0 Å². The maximum atomic E-state index is 12.7. The maximum Gasteiger partial charge on any atom is 0.335 e. The van der Waals surface area contributed by atoms with Crippen molar-refractivity contribution in [1.82, 2.24) is 14.3 Å². The number of carbonyl (C=O) groups is 2. The fourth-order valence-corrected chi connectivity index (χ4v) is 3.75. The number of rotatable bonds is 2. The smallest absolute Gasteiger partial charge is 0.335 e. The SMILES string of the molecule is O=C(O)c1ccc(C(=O)N2CCc3c(c(=O)n4n3CCCC4)C2)cc1. The van der Waals surface area contributed by atoms with Crippen LogP contribution in [0.15, 0.2) is 29.1 Å². The molecule has 1 aromatic carbocycles. The number of aromatic nitrogens is 2. The summed E-state index contributed by atoms with van der Waals surface area (Å²) in [4.78, 5) is 37.9. The van der Waals surface area contributed by atoms with Crippen molar-refractivity contribution in [2.24, 2.45) is 0 Å². The van der Waals surface area contributed by atoms with Crippen LogP contribution in [0.1, 0.15) is 44.8 Å². The molecule has 1 N–H and O–H groups in total. The van der Waals surface area contributed by atoms with Gasteiger partial charge in [-0.3, -0.25) is 19.0 Å². The highest BCUT2D eigenvalue weighted by Gasteiger charge is 2.29. The van der Waals surface area contributed by atoms with Crippen molar-refractivity contribution in [2.45, 2.75) is 38.9 Å². The van der Waals surface area contributed by atoms with E-state index in [-0.39, 0.29) is 17.0 Å². The van der Waals surface area contributed by atoms with E-state index >= 15 is 0 Å². The maximum absolute atomic E-state index is 12.7. The molecule has 0 saturated heterocycles. The molecule has 7 nitrogen and oxygen atoms in total. The highest BCUT2D eigenvalue weighted by atomic mass is 16.4. The summed E-state index contributed by atoms with van der Waals surface area (Å²) in [5, 5.41) is 8.95. The summed E-state index contributed by atoms with van der Waals surface area (Å²) >= 11 is 0. The predicted octanol–water partition coefficient (Wildman–Crippen LogP) is 1.34. The number of hydrogen-bond donors (Lipinski definition) is 1. The summed E-state index contributed by atoms with van der Waals surface area (Å²) in [6.07, 6.45) is 2.77. The van der Waals surface area contributed by atoms with Crippen LogP contribution in [-0.4, -0.2) is 37.8 Å². The van der Waals surface area contributed by atoms with Gasteiger partial charge in [-0.2, -0.15) is 0 Å². The number of benzene rings is 1. The lowest BCUT2D eigenvalue weighted by Crippen LogP contribution is -2.37. The monoisotopic (exact) mass is 341 g/mol. The molecule has 3 heterocycles. The molecule has 2 aromatic rings. The van der Waals surface area contributed by atoms with Crippen LogP contribution >= 0.6 is 0 Å². The number of nitrogens with zero attached hydrogens (tertiary/aromatic N) is 3. The summed E-state index contributed by atoms with van der Waals surface area (Å²) in [6, 6.07) is 5.91. The van der Waals surface area contributed by atoms with Crippen molar-refractivity contribution in [3.8, 4) is 0 Å². The van der Waals surface area contributed by atoms with Crippen LogP contribution in [-0.2, 0) is 26.1 Å². The van der Waals surface area contributed by atoms with E-state index in [1.54, 1.807) is 4.90 Å². The normalized spacial score (nSPS) is 16.2. The van der Waals surface area contributed by atoms with Crippen LogP contribution in [0.4, 0.5) is 0 Å². The van der Waals surface area contributed by atoms with E-state index in [4.69, 9.17) is 5.11 Å². The molecule has 0 atom stereocenters. The Balaban J connectivity index is 1.60. The van der Waals surface area contributed by atoms with Gasteiger partial charge in [0, 0.05) is 37.3 Å². The van der Waals surface area contributed by atoms with E-state index < -0.39 is 5.97 Å². The molecule has 130 valence electrons. The van der Waals surface area contributed by atoms with Crippen LogP contribution < -0.4 is 5.56 Å². The fourth-order valence-electron chi connectivity index (χ4n) is 3.75. The second kappa shape index (κ2) is 5.91. The largest absolute Gasteiger partial charge is 0.478 e. The Labute approximate surface area is 144 Å². The van der Waals surface area contributed by atoms with Gasteiger partial charge in [0.2, 0.25) is 0 Å². The molecule has 0 fully saturated rings. The third kappa shape index (κ3) is 2.56. The fraction of sp³-hybridized carbons (Fsp3) is 0.389. The third-order valence-corrected chi connectivity index (χ3v) is 5.07. The molecule has 2 aliphatic rings. The van der Waals surface area contributed by atoms with Gasteiger partial charge in [0.05, 0.1) is 17.7 Å². The van der Waals surface area contributed by atoms with Crippen molar-refractivity contribution in [2.75, 3.05) is 6.54 Å². The zero-order chi connectivity index (χ0) is 17.6. The van der Waals surface area contributed by atoms with E-state index in [1.807, 2.05) is 4.68 Å². The standard InChI is InChI=1S/C18H19N3O4/c22-16(12-3-5-13(6-4-12)18(24)25)19-10-7-15-14(11-19)17(23)21-9-2-1-8-20(15)21/h3-6H,1-2,7-11H2,(H,24,25). The van der Waals surface area contributed by atoms with Gasteiger partial charge in [-0.25, -0.2) is 4.79 Å². The van der Waals surface area contributed by atoms with Crippen molar-refractivity contribution >= 4 is 11.9 Å². The van der Waals surface area contributed by atoms with Crippen LogP contribution in [0.3, 0.4) is 0 Å². The summed E-state index contributed by atoms with van der Waals surface area (Å²) in [5.74, 6) is -1.19.